The molecule has 0 aromatic heterocycles. The molecular weight excluding hydrogens is 286 g/mol. The molecule has 1 aromatic rings. The van der Waals surface area contributed by atoms with Gasteiger partial charge in [-0.2, -0.15) is 0 Å². The molecule has 0 bridgehead atoms. The van der Waals surface area contributed by atoms with Gasteiger partial charge in [0.05, 0.1) is 15.9 Å². The van der Waals surface area contributed by atoms with Crippen LogP contribution >= 0.6 is 0 Å². The van der Waals surface area contributed by atoms with Crippen LogP contribution in [0.2, 0.25) is 0 Å². The Morgan fingerprint density at radius 1 is 1.50 bits per heavy atom. The van der Waals surface area contributed by atoms with Gasteiger partial charge in [-0.25, -0.2) is 13.1 Å². The van der Waals surface area contributed by atoms with Gasteiger partial charge in [0.2, 0.25) is 10.0 Å². The minimum absolute atomic E-state index is 0.0547. The molecule has 0 spiro atoms. The molecule has 0 fully saturated rings. The lowest BCUT2D eigenvalue weighted by Crippen LogP contribution is -2.43. The van der Waals surface area contributed by atoms with Crippen LogP contribution < -0.4 is 10.5 Å². The predicted octanol–water partition coefficient (Wildman–Crippen LogP) is -0.110. The van der Waals surface area contributed by atoms with Crippen molar-refractivity contribution in [1.82, 2.24) is 4.72 Å². The minimum atomic E-state index is -3.83. The van der Waals surface area contributed by atoms with E-state index in [2.05, 4.69) is 4.72 Å². The summed E-state index contributed by atoms with van der Waals surface area (Å²) in [5.41, 5.74) is 5.62. The number of aryl methyl sites for hydroxylation is 1. The Morgan fingerprint density at radius 2 is 2.10 bits per heavy atom. The molecule has 0 saturated heterocycles. The van der Waals surface area contributed by atoms with Gasteiger partial charge in [-0.05, 0) is 25.5 Å². The molecular formula is C11H17N3O5S. The average molecular weight is 303 g/mol. The van der Waals surface area contributed by atoms with Crippen molar-refractivity contribution in [1.29, 1.82) is 0 Å². The number of nitrogens with zero attached hydrogens (tertiary/aromatic N) is 1. The molecule has 4 N–H and O–H groups in total. The molecule has 1 rings (SSSR count). The fourth-order valence-electron chi connectivity index (χ4n) is 1.50. The van der Waals surface area contributed by atoms with E-state index in [1.54, 1.807) is 0 Å². The highest BCUT2D eigenvalue weighted by Gasteiger charge is 2.20. The van der Waals surface area contributed by atoms with Crippen LogP contribution in [-0.2, 0) is 10.0 Å². The molecule has 0 amide bonds. The molecule has 0 radical (unpaired) electrons. The maximum absolute atomic E-state index is 12.0. The third-order valence-corrected chi connectivity index (χ3v) is 4.37. The van der Waals surface area contributed by atoms with Gasteiger partial charge in [0, 0.05) is 24.7 Å². The van der Waals surface area contributed by atoms with Gasteiger partial charge in [0.15, 0.2) is 0 Å². The highest BCUT2D eigenvalue weighted by Crippen LogP contribution is 2.20. The van der Waals surface area contributed by atoms with Gasteiger partial charge < -0.3 is 10.8 Å². The summed E-state index contributed by atoms with van der Waals surface area (Å²) < 4.78 is 26.3. The maximum atomic E-state index is 12.0. The predicted molar refractivity (Wildman–Crippen MR) is 72.7 cm³/mol. The summed E-state index contributed by atoms with van der Waals surface area (Å²) in [6.45, 7) is 2.79. The molecule has 8 nitrogen and oxygen atoms in total. The van der Waals surface area contributed by atoms with Gasteiger partial charge in [-0.3, -0.25) is 10.1 Å². The number of sulfonamides is 1. The molecule has 0 heterocycles. The van der Waals surface area contributed by atoms with E-state index >= 15 is 0 Å². The lowest BCUT2D eigenvalue weighted by molar-refractivity contribution is -0.385. The van der Waals surface area contributed by atoms with Crippen LogP contribution in [0.4, 0.5) is 5.69 Å². The standard InChI is InChI=1S/C11H17N3O5S/c1-7-5-9(14(16)17)3-4-11(7)20(18,19)13-6-10(12)8(2)15/h3-5,8,10,13,15H,6,12H2,1-2H3. The number of nitrogens with one attached hydrogen (secondary N) is 1. The number of nitro groups is 1. The first kappa shape index (κ1) is 16.5. The number of nitro benzene ring substituents is 1. The average Bonchev–Trinajstić information content (AvgIpc) is 2.35. The summed E-state index contributed by atoms with van der Waals surface area (Å²) in [5.74, 6) is 0. The fraction of sp³-hybridized carbons (Fsp3) is 0.455. The number of hydrogen-bond donors (Lipinski definition) is 3. The number of nitrogens with two attached hydrogens (primary N) is 1. The summed E-state index contributed by atoms with van der Waals surface area (Å²) in [6.07, 6.45) is -0.851. The van der Waals surface area contributed by atoms with Gasteiger partial charge in [0.25, 0.3) is 5.69 Å². The van der Waals surface area contributed by atoms with Crippen molar-refractivity contribution in [2.24, 2.45) is 5.73 Å². The normalized spacial score (nSPS) is 14.8. The van der Waals surface area contributed by atoms with Crippen LogP contribution in [0.5, 0.6) is 0 Å². The number of rotatable bonds is 6. The molecule has 0 aliphatic heterocycles. The molecule has 0 aliphatic rings. The van der Waals surface area contributed by atoms with E-state index in [0.717, 1.165) is 6.07 Å². The number of hydrogen-bond acceptors (Lipinski definition) is 6. The summed E-state index contributed by atoms with van der Waals surface area (Å²) >= 11 is 0. The van der Waals surface area contributed by atoms with Crippen LogP contribution in [0, 0.1) is 17.0 Å². The Labute approximate surface area is 116 Å². The van der Waals surface area contributed by atoms with Crippen LogP contribution in [0.3, 0.4) is 0 Å². The molecule has 112 valence electrons. The topological polar surface area (TPSA) is 136 Å². The van der Waals surface area contributed by atoms with Gasteiger partial charge in [0.1, 0.15) is 0 Å². The molecule has 2 atom stereocenters. The monoisotopic (exact) mass is 303 g/mol. The zero-order chi connectivity index (χ0) is 15.5. The van der Waals surface area contributed by atoms with E-state index in [1.165, 1.54) is 26.0 Å². The van der Waals surface area contributed by atoms with Gasteiger partial charge in [-0.15, -0.1) is 0 Å². The van der Waals surface area contributed by atoms with Crippen molar-refractivity contribution in [3.63, 3.8) is 0 Å². The second-order valence-electron chi connectivity index (χ2n) is 4.46. The maximum Gasteiger partial charge on any atom is 0.269 e. The first-order chi connectivity index (χ1) is 9.15. The van der Waals surface area contributed by atoms with Gasteiger partial charge in [-0.1, -0.05) is 0 Å². The first-order valence-electron chi connectivity index (χ1n) is 5.83. The summed E-state index contributed by atoms with van der Waals surface area (Å²) in [7, 11) is -3.83. The Hall–Kier alpha value is -1.55. The Kier molecular flexibility index (Phi) is 5.17. The fourth-order valence-corrected chi connectivity index (χ4v) is 2.80. The highest BCUT2D eigenvalue weighted by molar-refractivity contribution is 7.89. The lowest BCUT2D eigenvalue weighted by Gasteiger charge is -2.16. The van der Waals surface area contributed by atoms with Crippen molar-refractivity contribution in [3.05, 3.63) is 33.9 Å². The molecule has 9 heteroatoms. The quantitative estimate of drug-likeness (QED) is 0.495. The third-order valence-electron chi connectivity index (χ3n) is 2.79. The van der Waals surface area contributed by atoms with Crippen LogP contribution in [0.1, 0.15) is 12.5 Å². The number of aliphatic hydroxyl groups is 1. The van der Waals surface area contributed by atoms with Crippen molar-refractivity contribution >= 4 is 15.7 Å². The molecule has 0 aliphatic carbocycles. The van der Waals surface area contributed by atoms with Gasteiger partial charge >= 0.3 is 0 Å². The molecule has 2 unspecified atom stereocenters. The number of benzene rings is 1. The first-order valence-corrected chi connectivity index (χ1v) is 7.32. The van der Waals surface area contributed by atoms with Crippen molar-refractivity contribution < 1.29 is 18.4 Å². The molecule has 20 heavy (non-hydrogen) atoms. The van der Waals surface area contributed by atoms with Crippen LogP contribution in [0.15, 0.2) is 23.1 Å². The Balaban J connectivity index is 2.96. The van der Waals surface area contributed by atoms with E-state index < -0.39 is 27.1 Å². The zero-order valence-corrected chi connectivity index (χ0v) is 11.9. The van der Waals surface area contributed by atoms with Crippen LogP contribution in [0.25, 0.3) is 0 Å². The SMILES string of the molecule is Cc1cc([N+](=O)[O-])ccc1S(=O)(=O)NCC(N)C(C)O. The third kappa shape index (κ3) is 3.97. The Bertz CT molecular complexity index is 600. The molecule has 0 saturated carbocycles. The van der Waals surface area contributed by atoms with Crippen molar-refractivity contribution in [3.8, 4) is 0 Å². The van der Waals surface area contributed by atoms with E-state index in [4.69, 9.17) is 5.73 Å². The Morgan fingerprint density at radius 3 is 2.55 bits per heavy atom. The number of aliphatic hydroxyl groups excluding tert-OH is 1. The van der Waals surface area contributed by atoms with Crippen molar-refractivity contribution in [2.45, 2.75) is 30.9 Å². The molecule has 1 aromatic carbocycles. The zero-order valence-electron chi connectivity index (χ0n) is 11.1. The minimum Gasteiger partial charge on any atom is -0.392 e. The van der Waals surface area contributed by atoms with E-state index in [1.807, 2.05) is 0 Å². The largest absolute Gasteiger partial charge is 0.392 e. The van der Waals surface area contributed by atoms with Crippen LogP contribution in [-0.4, -0.2) is 37.1 Å². The van der Waals surface area contributed by atoms with Crippen molar-refractivity contribution in [2.75, 3.05) is 6.54 Å². The summed E-state index contributed by atoms with van der Waals surface area (Å²) in [4.78, 5) is 9.95. The van der Waals surface area contributed by atoms with E-state index in [9.17, 15) is 23.6 Å². The second kappa shape index (κ2) is 6.27. The van der Waals surface area contributed by atoms with E-state index in [0.29, 0.717) is 0 Å². The second-order valence-corrected chi connectivity index (χ2v) is 6.20. The summed E-state index contributed by atoms with van der Waals surface area (Å²) in [6, 6.07) is 2.74. The smallest absolute Gasteiger partial charge is 0.269 e. The highest BCUT2D eigenvalue weighted by atomic mass is 32.2. The summed E-state index contributed by atoms with van der Waals surface area (Å²) in [5, 5.41) is 19.8. The lowest BCUT2D eigenvalue weighted by atomic mass is 10.2. The van der Waals surface area contributed by atoms with E-state index in [-0.39, 0.29) is 22.7 Å². The number of non-ortho nitro benzene ring substituents is 1.